The van der Waals surface area contributed by atoms with Gasteiger partial charge in [0.2, 0.25) is 0 Å². The number of hydrogen-bond donors (Lipinski definition) is 1. The molecule has 0 radical (unpaired) electrons. The standard InChI is InChI=1S/C13H11Cl2N3O3/c1-20-8-4-3-7(5-9(8)21-2)13(19)18-12-10(14)11(15)16-6-17-12/h3-6H,1-2H3,(H,16,17,18,19). The number of carbonyl (C=O) groups excluding carboxylic acids is 1. The third-order valence-corrected chi connectivity index (χ3v) is 3.37. The maximum atomic E-state index is 12.2. The highest BCUT2D eigenvalue weighted by Crippen LogP contribution is 2.29. The molecule has 110 valence electrons. The van der Waals surface area contributed by atoms with Crippen molar-refractivity contribution < 1.29 is 14.3 Å². The van der Waals surface area contributed by atoms with Crippen LogP contribution in [0.3, 0.4) is 0 Å². The van der Waals surface area contributed by atoms with Gasteiger partial charge >= 0.3 is 0 Å². The summed E-state index contributed by atoms with van der Waals surface area (Å²) < 4.78 is 10.3. The van der Waals surface area contributed by atoms with E-state index in [1.165, 1.54) is 20.5 Å². The first-order valence-electron chi connectivity index (χ1n) is 5.76. The number of hydrogen-bond acceptors (Lipinski definition) is 5. The van der Waals surface area contributed by atoms with Crippen LogP contribution >= 0.6 is 23.2 Å². The van der Waals surface area contributed by atoms with Crippen LogP contribution in [0.1, 0.15) is 10.4 Å². The zero-order valence-corrected chi connectivity index (χ0v) is 12.7. The first kappa shape index (κ1) is 15.3. The van der Waals surface area contributed by atoms with Crippen LogP contribution in [0, 0.1) is 0 Å². The van der Waals surface area contributed by atoms with E-state index in [0.29, 0.717) is 17.1 Å². The van der Waals surface area contributed by atoms with Gasteiger partial charge in [-0.15, -0.1) is 0 Å². The summed E-state index contributed by atoms with van der Waals surface area (Å²) in [7, 11) is 3.00. The molecule has 0 aliphatic rings. The van der Waals surface area contributed by atoms with Crippen molar-refractivity contribution in [1.82, 2.24) is 9.97 Å². The van der Waals surface area contributed by atoms with Gasteiger partial charge < -0.3 is 14.8 Å². The minimum atomic E-state index is -0.410. The van der Waals surface area contributed by atoms with Crippen molar-refractivity contribution in [2.24, 2.45) is 0 Å². The lowest BCUT2D eigenvalue weighted by Gasteiger charge is -2.10. The Balaban J connectivity index is 2.26. The van der Waals surface area contributed by atoms with Gasteiger partial charge in [0.15, 0.2) is 22.5 Å². The van der Waals surface area contributed by atoms with Gasteiger partial charge in [0.05, 0.1) is 14.2 Å². The van der Waals surface area contributed by atoms with Crippen molar-refractivity contribution in [1.29, 1.82) is 0 Å². The number of nitrogens with one attached hydrogen (secondary N) is 1. The monoisotopic (exact) mass is 327 g/mol. The van der Waals surface area contributed by atoms with Crippen LogP contribution < -0.4 is 14.8 Å². The van der Waals surface area contributed by atoms with Gasteiger partial charge in [-0.1, -0.05) is 23.2 Å². The molecule has 2 aromatic rings. The zero-order chi connectivity index (χ0) is 15.4. The van der Waals surface area contributed by atoms with Crippen LogP contribution in [0.2, 0.25) is 10.2 Å². The summed E-state index contributed by atoms with van der Waals surface area (Å²) in [6.45, 7) is 0. The predicted molar refractivity (Wildman–Crippen MR) is 79.6 cm³/mol. The van der Waals surface area contributed by atoms with Gasteiger partial charge in [0.25, 0.3) is 5.91 Å². The molecule has 6 nitrogen and oxygen atoms in total. The van der Waals surface area contributed by atoms with Crippen LogP contribution in [-0.2, 0) is 0 Å². The van der Waals surface area contributed by atoms with Gasteiger partial charge in [-0.3, -0.25) is 4.79 Å². The fraction of sp³-hybridized carbons (Fsp3) is 0.154. The Hall–Kier alpha value is -2.05. The van der Waals surface area contributed by atoms with Gasteiger partial charge in [-0.25, -0.2) is 9.97 Å². The summed E-state index contributed by atoms with van der Waals surface area (Å²) in [6.07, 6.45) is 1.21. The van der Waals surface area contributed by atoms with Gasteiger partial charge in [0, 0.05) is 5.56 Å². The second-order valence-electron chi connectivity index (χ2n) is 3.85. The molecule has 0 saturated carbocycles. The number of methoxy groups -OCH3 is 2. The van der Waals surface area contributed by atoms with Crippen LogP contribution in [0.4, 0.5) is 5.82 Å². The van der Waals surface area contributed by atoms with E-state index in [9.17, 15) is 4.79 Å². The summed E-state index contributed by atoms with van der Waals surface area (Å²) in [5, 5.41) is 2.69. The Labute approximate surface area is 131 Å². The van der Waals surface area contributed by atoms with E-state index in [1.54, 1.807) is 18.2 Å². The lowest BCUT2D eigenvalue weighted by Crippen LogP contribution is -2.13. The number of amides is 1. The molecule has 0 saturated heterocycles. The topological polar surface area (TPSA) is 73.3 Å². The van der Waals surface area contributed by atoms with Gasteiger partial charge in [-0.2, -0.15) is 0 Å². The average Bonchev–Trinajstić information content (AvgIpc) is 2.51. The Morgan fingerprint density at radius 2 is 1.86 bits per heavy atom. The number of benzene rings is 1. The second kappa shape index (κ2) is 6.60. The maximum absolute atomic E-state index is 12.2. The average molecular weight is 328 g/mol. The number of rotatable bonds is 4. The maximum Gasteiger partial charge on any atom is 0.256 e. The van der Waals surface area contributed by atoms with Crippen molar-refractivity contribution in [3.8, 4) is 11.5 Å². The molecule has 1 N–H and O–H groups in total. The summed E-state index contributed by atoms with van der Waals surface area (Å²) in [6, 6.07) is 4.76. The molecular weight excluding hydrogens is 317 g/mol. The lowest BCUT2D eigenvalue weighted by atomic mass is 10.2. The van der Waals surface area contributed by atoms with E-state index in [4.69, 9.17) is 32.7 Å². The molecule has 1 heterocycles. The highest BCUT2D eigenvalue weighted by Gasteiger charge is 2.14. The van der Waals surface area contributed by atoms with E-state index >= 15 is 0 Å². The fourth-order valence-corrected chi connectivity index (χ4v) is 1.87. The Morgan fingerprint density at radius 3 is 2.52 bits per heavy atom. The summed E-state index contributed by atoms with van der Waals surface area (Å²) in [5.41, 5.74) is 0.360. The van der Waals surface area contributed by atoms with Crippen LogP contribution in [-0.4, -0.2) is 30.1 Å². The zero-order valence-electron chi connectivity index (χ0n) is 11.2. The number of nitrogens with zero attached hydrogens (tertiary/aromatic N) is 2. The van der Waals surface area contributed by atoms with Crippen molar-refractivity contribution >= 4 is 34.9 Å². The van der Waals surface area contributed by atoms with Crippen molar-refractivity contribution in [3.05, 3.63) is 40.3 Å². The summed E-state index contributed by atoms with van der Waals surface area (Å²) in [4.78, 5) is 19.7. The normalized spacial score (nSPS) is 10.1. The minimum absolute atomic E-state index is 0.0641. The fourth-order valence-electron chi connectivity index (χ4n) is 1.59. The Bertz CT molecular complexity index is 680. The van der Waals surface area contributed by atoms with Crippen LogP contribution in [0.15, 0.2) is 24.5 Å². The van der Waals surface area contributed by atoms with Crippen LogP contribution in [0.5, 0.6) is 11.5 Å². The van der Waals surface area contributed by atoms with Crippen LogP contribution in [0.25, 0.3) is 0 Å². The molecule has 21 heavy (non-hydrogen) atoms. The number of anilines is 1. The molecule has 0 unspecified atom stereocenters. The molecule has 2 rings (SSSR count). The third kappa shape index (κ3) is 3.34. The molecule has 1 aromatic heterocycles. The van der Waals surface area contributed by atoms with Gasteiger partial charge in [-0.05, 0) is 18.2 Å². The molecule has 0 aliphatic carbocycles. The van der Waals surface area contributed by atoms with E-state index < -0.39 is 5.91 Å². The molecule has 0 bridgehead atoms. The first-order chi connectivity index (χ1) is 10.1. The Morgan fingerprint density at radius 1 is 1.14 bits per heavy atom. The van der Waals surface area contributed by atoms with Crippen molar-refractivity contribution in [2.45, 2.75) is 0 Å². The molecule has 1 amide bonds. The Kier molecular flexibility index (Phi) is 4.82. The largest absolute Gasteiger partial charge is 0.493 e. The summed E-state index contributed by atoms with van der Waals surface area (Å²) in [5.74, 6) is 0.693. The third-order valence-electron chi connectivity index (χ3n) is 2.62. The molecule has 0 spiro atoms. The molecule has 0 atom stereocenters. The van der Waals surface area contributed by atoms with Crippen molar-refractivity contribution in [2.75, 3.05) is 19.5 Å². The van der Waals surface area contributed by atoms with E-state index in [-0.39, 0.29) is 16.0 Å². The van der Waals surface area contributed by atoms with E-state index in [1.807, 2.05) is 0 Å². The molecule has 1 aromatic carbocycles. The minimum Gasteiger partial charge on any atom is -0.493 e. The molecule has 8 heteroatoms. The number of aromatic nitrogens is 2. The first-order valence-corrected chi connectivity index (χ1v) is 6.51. The molecule has 0 aliphatic heterocycles. The van der Waals surface area contributed by atoms with E-state index in [2.05, 4.69) is 15.3 Å². The van der Waals surface area contributed by atoms with E-state index in [0.717, 1.165) is 0 Å². The number of halogens is 2. The quantitative estimate of drug-likeness (QED) is 0.873. The van der Waals surface area contributed by atoms with Crippen molar-refractivity contribution in [3.63, 3.8) is 0 Å². The SMILES string of the molecule is COc1ccc(C(=O)Nc2ncnc(Cl)c2Cl)cc1OC. The summed E-state index contributed by atoms with van der Waals surface area (Å²) >= 11 is 11.7. The number of carbonyl (C=O) groups is 1. The lowest BCUT2D eigenvalue weighted by molar-refractivity contribution is 0.102. The molecular formula is C13H11Cl2N3O3. The molecule has 0 fully saturated rings. The second-order valence-corrected chi connectivity index (χ2v) is 4.59. The number of ether oxygens (including phenoxy) is 2. The highest BCUT2D eigenvalue weighted by atomic mass is 35.5. The smallest absolute Gasteiger partial charge is 0.256 e. The van der Waals surface area contributed by atoms with Gasteiger partial charge in [0.1, 0.15) is 11.3 Å². The predicted octanol–water partition coefficient (Wildman–Crippen LogP) is 3.05. The highest BCUT2D eigenvalue weighted by molar-refractivity contribution is 6.43.